The molecule has 1 amide bonds. The van der Waals surface area contributed by atoms with Gasteiger partial charge in [-0.1, -0.05) is 0 Å². The smallest absolute Gasteiger partial charge is 0.270 e. The number of thiophene rings is 1. The van der Waals surface area contributed by atoms with Crippen molar-refractivity contribution in [3.8, 4) is 11.5 Å². The van der Waals surface area contributed by atoms with Crippen molar-refractivity contribution in [2.75, 3.05) is 18.5 Å². The number of amides is 1. The van der Waals surface area contributed by atoms with Crippen LogP contribution in [0.15, 0.2) is 11.6 Å². The third-order valence-corrected chi connectivity index (χ3v) is 5.35. The molecule has 1 N–H and O–H groups in total. The standard InChI is InChI=1S/C16H19N3O3S/c1-9-7-17-19(10(2)11-3-4-11)15(9)18-16(20)14-13-12(8-23-14)21-5-6-22-13/h7-8,10-11H,3-6H2,1-2H3,(H,18,20)/t10-/m1/s1. The Morgan fingerprint density at radius 3 is 3.00 bits per heavy atom. The molecule has 0 bridgehead atoms. The Hall–Kier alpha value is -2.02. The average molecular weight is 333 g/mol. The average Bonchev–Trinajstić information content (AvgIpc) is 3.22. The summed E-state index contributed by atoms with van der Waals surface area (Å²) < 4.78 is 13.0. The molecule has 1 saturated carbocycles. The first-order valence-corrected chi connectivity index (χ1v) is 8.75. The van der Waals surface area contributed by atoms with E-state index in [4.69, 9.17) is 9.47 Å². The van der Waals surface area contributed by atoms with Crippen LogP contribution in [0.5, 0.6) is 11.5 Å². The summed E-state index contributed by atoms with van der Waals surface area (Å²) in [5, 5.41) is 9.28. The summed E-state index contributed by atoms with van der Waals surface area (Å²) in [5.74, 6) is 2.47. The van der Waals surface area contributed by atoms with E-state index in [1.807, 2.05) is 17.0 Å². The second kappa shape index (κ2) is 5.56. The SMILES string of the molecule is Cc1cnn([C@H](C)C2CC2)c1NC(=O)c1scc2c1OCCO2. The maximum Gasteiger partial charge on any atom is 0.270 e. The zero-order chi connectivity index (χ0) is 16.0. The van der Waals surface area contributed by atoms with Gasteiger partial charge >= 0.3 is 0 Å². The van der Waals surface area contributed by atoms with Gasteiger partial charge in [0.05, 0.1) is 12.2 Å². The third kappa shape index (κ3) is 2.59. The van der Waals surface area contributed by atoms with Crippen molar-refractivity contribution in [3.05, 3.63) is 22.0 Å². The molecule has 1 aliphatic carbocycles. The molecule has 1 aliphatic heterocycles. The van der Waals surface area contributed by atoms with Crippen molar-refractivity contribution in [1.82, 2.24) is 9.78 Å². The van der Waals surface area contributed by atoms with Crippen LogP contribution < -0.4 is 14.8 Å². The zero-order valence-electron chi connectivity index (χ0n) is 13.2. The van der Waals surface area contributed by atoms with Crippen LogP contribution in [0.1, 0.15) is 41.0 Å². The lowest BCUT2D eigenvalue weighted by Gasteiger charge is -2.17. The van der Waals surface area contributed by atoms with E-state index in [9.17, 15) is 4.79 Å². The van der Waals surface area contributed by atoms with Gasteiger partial charge in [0.15, 0.2) is 11.5 Å². The van der Waals surface area contributed by atoms with Crippen LogP contribution in [-0.2, 0) is 0 Å². The highest BCUT2D eigenvalue weighted by atomic mass is 32.1. The monoisotopic (exact) mass is 333 g/mol. The van der Waals surface area contributed by atoms with E-state index in [2.05, 4.69) is 17.3 Å². The first kappa shape index (κ1) is 14.6. The van der Waals surface area contributed by atoms with Gasteiger partial charge in [0.25, 0.3) is 5.91 Å². The number of nitrogens with one attached hydrogen (secondary N) is 1. The van der Waals surface area contributed by atoms with Crippen LogP contribution in [0.25, 0.3) is 0 Å². The Balaban J connectivity index is 1.59. The molecule has 7 heteroatoms. The lowest BCUT2D eigenvalue weighted by Crippen LogP contribution is -2.20. The van der Waals surface area contributed by atoms with E-state index < -0.39 is 0 Å². The first-order chi connectivity index (χ1) is 11.1. The number of aromatic nitrogens is 2. The maximum absolute atomic E-state index is 12.7. The van der Waals surface area contributed by atoms with Crippen molar-refractivity contribution < 1.29 is 14.3 Å². The Kier molecular flexibility index (Phi) is 3.52. The van der Waals surface area contributed by atoms with Crippen LogP contribution in [0.2, 0.25) is 0 Å². The summed E-state index contributed by atoms with van der Waals surface area (Å²) in [5.41, 5.74) is 0.966. The molecule has 0 aromatic carbocycles. The lowest BCUT2D eigenvalue weighted by atomic mass is 10.2. The normalized spacial score (nSPS) is 17.8. The predicted octanol–water partition coefficient (Wildman–Crippen LogP) is 3.25. The Bertz CT molecular complexity index is 748. The molecule has 1 atom stereocenters. The number of rotatable bonds is 4. The molecular formula is C16H19N3O3S. The van der Waals surface area contributed by atoms with Gasteiger partial charge in [-0.25, -0.2) is 4.68 Å². The Morgan fingerprint density at radius 1 is 1.43 bits per heavy atom. The number of fused-ring (bicyclic) bond motifs is 1. The molecule has 122 valence electrons. The molecule has 6 nitrogen and oxygen atoms in total. The fraction of sp³-hybridized carbons (Fsp3) is 0.500. The Labute approximate surface area is 138 Å². The van der Waals surface area contributed by atoms with Crippen LogP contribution in [-0.4, -0.2) is 28.9 Å². The molecule has 2 aliphatic rings. The quantitative estimate of drug-likeness (QED) is 0.933. The summed E-state index contributed by atoms with van der Waals surface area (Å²) >= 11 is 1.34. The molecular weight excluding hydrogens is 314 g/mol. The summed E-state index contributed by atoms with van der Waals surface area (Å²) in [4.78, 5) is 13.2. The molecule has 0 unspecified atom stereocenters. The molecule has 0 radical (unpaired) electrons. The molecule has 23 heavy (non-hydrogen) atoms. The number of carbonyl (C=O) groups excluding carboxylic acids is 1. The van der Waals surface area contributed by atoms with Gasteiger partial charge < -0.3 is 14.8 Å². The van der Waals surface area contributed by atoms with E-state index in [-0.39, 0.29) is 5.91 Å². The molecule has 1 fully saturated rings. The third-order valence-electron chi connectivity index (χ3n) is 4.41. The number of nitrogens with zero attached hydrogens (tertiary/aromatic N) is 2. The van der Waals surface area contributed by atoms with Gasteiger partial charge in [0, 0.05) is 10.9 Å². The predicted molar refractivity (Wildman–Crippen MR) is 87.7 cm³/mol. The van der Waals surface area contributed by atoms with Crippen LogP contribution in [0, 0.1) is 12.8 Å². The van der Waals surface area contributed by atoms with Gasteiger partial charge in [-0.05, 0) is 32.6 Å². The second-order valence-corrected chi connectivity index (χ2v) is 6.99. The van der Waals surface area contributed by atoms with Gasteiger partial charge in [-0.2, -0.15) is 5.10 Å². The highest BCUT2D eigenvalue weighted by molar-refractivity contribution is 7.13. The summed E-state index contributed by atoms with van der Waals surface area (Å²) in [6, 6.07) is 0.302. The van der Waals surface area contributed by atoms with Crippen molar-refractivity contribution in [1.29, 1.82) is 0 Å². The first-order valence-electron chi connectivity index (χ1n) is 7.87. The lowest BCUT2D eigenvalue weighted by molar-refractivity contribution is 0.102. The van der Waals surface area contributed by atoms with E-state index >= 15 is 0 Å². The minimum Gasteiger partial charge on any atom is -0.485 e. The molecule has 0 saturated heterocycles. The summed E-state index contributed by atoms with van der Waals surface area (Å²) in [6.45, 7) is 5.11. The summed E-state index contributed by atoms with van der Waals surface area (Å²) in [6.07, 6.45) is 4.27. The van der Waals surface area contributed by atoms with Gasteiger partial charge in [0.2, 0.25) is 0 Å². The van der Waals surface area contributed by atoms with Crippen molar-refractivity contribution in [2.45, 2.75) is 32.7 Å². The number of hydrogen-bond donors (Lipinski definition) is 1. The topological polar surface area (TPSA) is 65.4 Å². The van der Waals surface area contributed by atoms with E-state index in [1.54, 1.807) is 6.20 Å². The van der Waals surface area contributed by atoms with Crippen molar-refractivity contribution >= 4 is 23.1 Å². The molecule has 0 spiro atoms. The molecule has 4 rings (SSSR count). The zero-order valence-corrected chi connectivity index (χ0v) is 14.0. The van der Waals surface area contributed by atoms with Crippen molar-refractivity contribution in [3.63, 3.8) is 0 Å². The van der Waals surface area contributed by atoms with Gasteiger partial charge in [0.1, 0.15) is 23.9 Å². The van der Waals surface area contributed by atoms with Gasteiger partial charge in [-0.15, -0.1) is 11.3 Å². The summed E-state index contributed by atoms with van der Waals surface area (Å²) in [7, 11) is 0. The number of anilines is 1. The van der Waals surface area contributed by atoms with E-state index in [0.717, 1.165) is 11.4 Å². The van der Waals surface area contributed by atoms with E-state index in [1.165, 1.54) is 24.2 Å². The number of aryl methyl sites for hydroxylation is 1. The minimum absolute atomic E-state index is 0.172. The highest BCUT2D eigenvalue weighted by Crippen LogP contribution is 2.42. The second-order valence-electron chi connectivity index (χ2n) is 6.11. The fourth-order valence-electron chi connectivity index (χ4n) is 2.88. The maximum atomic E-state index is 12.7. The largest absolute Gasteiger partial charge is 0.485 e. The number of ether oxygens (including phenoxy) is 2. The van der Waals surface area contributed by atoms with Crippen LogP contribution in [0.4, 0.5) is 5.82 Å². The molecule has 2 aromatic rings. The van der Waals surface area contributed by atoms with Crippen LogP contribution >= 0.6 is 11.3 Å². The van der Waals surface area contributed by atoms with Gasteiger partial charge in [-0.3, -0.25) is 4.79 Å². The van der Waals surface area contributed by atoms with Crippen LogP contribution in [0.3, 0.4) is 0 Å². The number of carbonyl (C=O) groups is 1. The minimum atomic E-state index is -0.172. The van der Waals surface area contributed by atoms with Crippen molar-refractivity contribution in [2.24, 2.45) is 5.92 Å². The Morgan fingerprint density at radius 2 is 2.22 bits per heavy atom. The molecule has 3 heterocycles. The number of hydrogen-bond acceptors (Lipinski definition) is 5. The molecule has 2 aromatic heterocycles. The van der Waals surface area contributed by atoms with E-state index in [0.29, 0.717) is 41.5 Å². The highest BCUT2D eigenvalue weighted by Gasteiger charge is 2.32. The fourth-order valence-corrected chi connectivity index (χ4v) is 3.70.